The second-order valence-electron chi connectivity index (χ2n) is 4.29. The van der Waals surface area contributed by atoms with Gasteiger partial charge < -0.3 is 5.32 Å². The summed E-state index contributed by atoms with van der Waals surface area (Å²) in [7, 11) is 1.88. The average molecular weight is 324 g/mol. The first-order valence-corrected chi connectivity index (χ1v) is 6.84. The lowest BCUT2D eigenvalue weighted by molar-refractivity contribution is 0.630. The van der Waals surface area contributed by atoms with Gasteiger partial charge in [-0.15, -0.1) is 0 Å². The minimum absolute atomic E-state index is 0.277. The summed E-state index contributed by atoms with van der Waals surface area (Å²) in [5, 5.41) is 3.05. The number of aromatic nitrogens is 2. The molecule has 0 spiro atoms. The van der Waals surface area contributed by atoms with E-state index in [-0.39, 0.29) is 5.82 Å². The van der Waals surface area contributed by atoms with Gasteiger partial charge in [-0.1, -0.05) is 15.9 Å². The molecule has 2 rings (SSSR count). The van der Waals surface area contributed by atoms with Crippen LogP contribution in [0.3, 0.4) is 0 Å². The van der Waals surface area contributed by atoms with Crippen LogP contribution in [0.15, 0.2) is 28.7 Å². The molecule has 0 radical (unpaired) electrons. The lowest BCUT2D eigenvalue weighted by atomic mass is 10.1. The molecule has 3 nitrogen and oxygen atoms in total. The van der Waals surface area contributed by atoms with Crippen LogP contribution in [0.5, 0.6) is 0 Å². The number of nitrogens with one attached hydrogen (secondary N) is 1. The third kappa shape index (κ3) is 3.58. The van der Waals surface area contributed by atoms with Crippen molar-refractivity contribution in [2.24, 2.45) is 0 Å². The van der Waals surface area contributed by atoms with E-state index in [1.54, 1.807) is 18.2 Å². The second-order valence-corrected chi connectivity index (χ2v) is 5.20. The highest BCUT2D eigenvalue weighted by atomic mass is 79.9. The fourth-order valence-electron chi connectivity index (χ4n) is 1.81. The quantitative estimate of drug-likeness (QED) is 0.939. The van der Waals surface area contributed by atoms with E-state index < -0.39 is 0 Å². The topological polar surface area (TPSA) is 37.8 Å². The van der Waals surface area contributed by atoms with Gasteiger partial charge in [0.2, 0.25) is 0 Å². The molecule has 0 unspecified atom stereocenters. The van der Waals surface area contributed by atoms with Crippen LogP contribution in [0.1, 0.15) is 11.5 Å². The molecule has 0 aliphatic heterocycles. The Balaban J connectivity index is 2.43. The number of nitrogens with zero attached hydrogens (tertiary/aromatic N) is 2. The fourth-order valence-corrected chi connectivity index (χ4v) is 2.17. The molecule has 2 aromatic rings. The number of hydrogen-bond donors (Lipinski definition) is 1. The second kappa shape index (κ2) is 6.21. The molecular formula is C14H15BrFN3. The molecule has 1 heterocycles. The van der Waals surface area contributed by atoms with E-state index in [4.69, 9.17) is 0 Å². The summed E-state index contributed by atoms with van der Waals surface area (Å²) in [6.45, 7) is 2.69. The maximum atomic E-state index is 13.9. The molecule has 0 saturated carbocycles. The van der Waals surface area contributed by atoms with E-state index in [9.17, 15) is 4.39 Å². The smallest absolute Gasteiger partial charge is 0.132 e. The van der Waals surface area contributed by atoms with Gasteiger partial charge in [0, 0.05) is 28.7 Å². The Morgan fingerprint density at radius 3 is 2.79 bits per heavy atom. The normalized spacial score (nSPS) is 10.7. The van der Waals surface area contributed by atoms with Gasteiger partial charge in [-0.3, -0.25) is 0 Å². The predicted molar refractivity (Wildman–Crippen MR) is 77.5 cm³/mol. The number of aryl methyl sites for hydroxylation is 1. The van der Waals surface area contributed by atoms with Crippen LogP contribution in [0.25, 0.3) is 11.3 Å². The van der Waals surface area contributed by atoms with Gasteiger partial charge in [-0.05, 0) is 38.2 Å². The van der Waals surface area contributed by atoms with Crippen LogP contribution in [-0.2, 0) is 6.42 Å². The van der Waals surface area contributed by atoms with Crippen LogP contribution in [0.4, 0.5) is 4.39 Å². The highest BCUT2D eigenvalue weighted by Crippen LogP contribution is 2.25. The molecule has 5 heteroatoms. The maximum Gasteiger partial charge on any atom is 0.132 e. The SMILES string of the molecule is CNCCc1nc(C)cc(-c2cc(Br)ccc2F)n1. The Labute approximate surface area is 120 Å². The number of benzene rings is 1. The summed E-state index contributed by atoms with van der Waals surface area (Å²) in [5.41, 5.74) is 1.96. The van der Waals surface area contributed by atoms with Gasteiger partial charge in [-0.25, -0.2) is 14.4 Å². The van der Waals surface area contributed by atoms with Crippen LogP contribution in [-0.4, -0.2) is 23.6 Å². The van der Waals surface area contributed by atoms with E-state index in [0.29, 0.717) is 11.3 Å². The molecule has 0 aliphatic rings. The van der Waals surface area contributed by atoms with E-state index in [2.05, 4.69) is 31.2 Å². The highest BCUT2D eigenvalue weighted by Gasteiger charge is 2.10. The summed E-state index contributed by atoms with van der Waals surface area (Å²) in [6.07, 6.45) is 0.723. The largest absolute Gasteiger partial charge is 0.319 e. The van der Waals surface area contributed by atoms with Gasteiger partial charge in [0.05, 0.1) is 5.69 Å². The monoisotopic (exact) mass is 323 g/mol. The van der Waals surface area contributed by atoms with Crippen LogP contribution in [0, 0.1) is 12.7 Å². The molecule has 0 amide bonds. The van der Waals surface area contributed by atoms with Gasteiger partial charge in [0.1, 0.15) is 11.6 Å². The van der Waals surface area contributed by atoms with Gasteiger partial charge in [0.25, 0.3) is 0 Å². The molecule has 0 bridgehead atoms. The van der Waals surface area contributed by atoms with Crippen LogP contribution >= 0.6 is 15.9 Å². The summed E-state index contributed by atoms with van der Waals surface area (Å²) < 4.78 is 14.7. The Kier molecular flexibility index (Phi) is 4.61. The third-order valence-corrected chi connectivity index (χ3v) is 3.20. The molecule has 1 aromatic heterocycles. The highest BCUT2D eigenvalue weighted by molar-refractivity contribution is 9.10. The average Bonchev–Trinajstić information content (AvgIpc) is 2.38. The Morgan fingerprint density at radius 1 is 1.26 bits per heavy atom. The Morgan fingerprint density at radius 2 is 2.05 bits per heavy atom. The molecular weight excluding hydrogens is 309 g/mol. The summed E-state index contributed by atoms with van der Waals surface area (Å²) >= 11 is 3.35. The van der Waals surface area contributed by atoms with Crippen molar-refractivity contribution in [3.05, 3.63) is 46.1 Å². The zero-order valence-corrected chi connectivity index (χ0v) is 12.5. The Hall–Kier alpha value is -1.33. The fraction of sp³-hybridized carbons (Fsp3) is 0.286. The molecule has 100 valence electrons. The summed E-state index contributed by atoms with van der Waals surface area (Å²) in [6, 6.07) is 6.64. The summed E-state index contributed by atoms with van der Waals surface area (Å²) in [5.74, 6) is 0.449. The molecule has 0 aliphatic carbocycles. The zero-order valence-electron chi connectivity index (χ0n) is 10.9. The number of hydrogen-bond acceptors (Lipinski definition) is 3. The first-order valence-electron chi connectivity index (χ1n) is 6.04. The third-order valence-electron chi connectivity index (χ3n) is 2.70. The molecule has 0 fully saturated rings. The standard InChI is InChI=1S/C14H15BrFN3/c1-9-7-13(19-14(18-9)5-6-17-2)11-8-10(15)3-4-12(11)16/h3-4,7-8,17H,5-6H2,1-2H3. The lowest BCUT2D eigenvalue weighted by Crippen LogP contribution is -2.13. The van der Waals surface area contributed by atoms with Gasteiger partial charge in [0.15, 0.2) is 0 Å². The molecule has 0 atom stereocenters. The van der Waals surface area contributed by atoms with E-state index in [1.807, 2.05) is 14.0 Å². The number of rotatable bonds is 4. The minimum Gasteiger partial charge on any atom is -0.319 e. The zero-order chi connectivity index (χ0) is 13.8. The molecule has 1 N–H and O–H groups in total. The van der Waals surface area contributed by atoms with Gasteiger partial charge in [-0.2, -0.15) is 0 Å². The van der Waals surface area contributed by atoms with E-state index >= 15 is 0 Å². The lowest BCUT2D eigenvalue weighted by Gasteiger charge is -2.07. The van der Waals surface area contributed by atoms with Crippen molar-refractivity contribution in [3.63, 3.8) is 0 Å². The van der Waals surface area contributed by atoms with Crippen molar-refractivity contribution in [2.75, 3.05) is 13.6 Å². The molecule has 1 aromatic carbocycles. The predicted octanol–water partition coefficient (Wildman–Crippen LogP) is 3.12. The van der Waals surface area contributed by atoms with Crippen LogP contribution in [0.2, 0.25) is 0 Å². The number of likely N-dealkylation sites (N-methyl/N-ethyl adjacent to an activating group) is 1. The number of halogens is 2. The van der Waals surface area contributed by atoms with Crippen molar-refractivity contribution >= 4 is 15.9 Å². The first kappa shape index (κ1) is 14.1. The van der Waals surface area contributed by atoms with Crippen molar-refractivity contribution in [1.29, 1.82) is 0 Å². The first-order chi connectivity index (χ1) is 9.10. The van der Waals surface area contributed by atoms with E-state index in [1.165, 1.54) is 6.07 Å². The van der Waals surface area contributed by atoms with E-state index in [0.717, 1.165) is 29.0 Å². The van der Waals surface area contributed by atoms with Crippen molar-refractivity contribution in [2.45, 2.75) is 13.3 Å². The van der Waals surface area contributed by atoms with Crippen LogP contribution < -0.4 is 5.32 Å². The molecule has 19 heavy (non-hydrogen) atoms. The van der Waals surface area contributed by atoms with Crippen molar-refractivity contribution < 1.29 is 4.39 Å². The minimum atomic E-state index is -0.277. The molecule has 0 saturated heterocycles. The Bertz CT molecular complexity index is 587. The van der Waals surface area contributed by atoms with Crippen molar-refractivity contribution in [3.8, 4) is 11.3 Å². The van der Waals surface area contributed by atoms with Crippen molar-refractivity contribution in [1.82, 2.24) is 15.3 Å². The summed E-state index contributed by atoms with van der Waals surface area (Å²) in [4.78, 5) is 8.80. The van der Waals surface area contributed by atoms with Gasteiger partial charge >= 0.3 is 0 Å². The maximum absolute atomic E-state index is 13.9.